The highest BCUT2D eigenvalue weighted by molar-refractivity contribution is 14.0. The van der Waals surface area contributed by atoms with Gasteiger partial charge in [0, 0.05) is 25.6 Å². The van der Waals surface area contributed by atoms with Crippen LogP contribution in [0, 0.1) is 0 Å². The molecule has 0 fully saturated rings. The van der Waals surface area contributed by atoms with Crippen LogP contribution in [0.25, 0.3) is 11.0 Å². The van der Waals surface area contributed by atoms with Gasteiger partial charge in [-0.25, -0.2) is 9.98 Å². The monoisotopic (exact) mass is 496 g/mol. The number of aromatic nitrogens is 3. The van der Waals surface area contributed by atoms with E-state index in [0.29, 0.717) is 12.5 Å². The molecule has 0 aliphatic rings. The Morgan fingerprint density at radius 1 is 1.25 bits per heavy atom. The third-order valence-electron chi connectivity index (χ3n) is 4.23. The van der Waals surface area contributed by atoms with Crippen molar-refractivity contribution in [1.29, 1.82) is 0 Å². The van der Waals surface area contributed by atoms with E-state index < -0.39 is 0 Å². The molecule has 0 saturated heterocycles. The van der Waals surface area contributed by atoms with Crippen molar-refractivity contribution >= 4 is 41.0 Å². The lowest BCUT2D eigenvalue weighted by molar-refractivity contribution is 0.376. The van der Waals surface area contributed by atoms with Crippen molar-refractivity contribution in [2.75, 3.05) is 13.1 Å². The first-order chi connectivity index (χ1) is 13.2. The Kier molecular flexibility index (Phi) is 8.75. The average molecular weight is 496 g/mol. The summed E-state index contributed by atoms with van der Waals surface area (Å²) in [6.45, 7) is 8.34. The molecule has 28 heavy (non-hydrogen) atoms. The maximum atomic E-state index is 5.34. The lowest BCUT2D eigenvalue weighted by atomic mass is 10.1. The molecule has 0 aliphatic carbocycles. The van der Waals surface area contributed by atoms with Gasteiger partial charge in [0.05, 0.1) is 16.7 Å². The highest BCUT2D eigenvalue weighted by Gasteiger charge is 2.07. The van der Waals surface area contributed by atoms with E-state index in [1.54, 1.807) is 0 Å². The molecule has 3 aromatic rings. The number of rotatable bonds is 8. The number of aryl methyl sites for hydroxylation is 1. The lowest BCUT2D eigenvalue weighted by Gasteiger charge is -2.10. The Morgan fingerprint density at radius 3 is 2.79 bits per heavy atom. The summed E-state index contributed by atoms with van der Waals surface area (Å²) in [4.78, 5) is 12.5. The number of hydrogen-bond acceptors (Lipinski definition) is 4. The second-order valence-corrected chi connectivity index (χ2v) is 6.80. The number of halogens is 1. The normalized spacial score (nSPS) is 11.6. The average Bonchev–Trinajstić information content (AvgIpc) is 3.29. The van der Waals surface area contributed by atoms with E-state index >= 15 is 0 Å². The molecular formula is C20H29IN6O. The number of aliphatic imine (C=N–C) groups is 1. The highest BCUT2D eigenvalue weighted by atomic mass is 127. The number of fused-ring (bicyclic) bond motifs is 1. The standard InChI is InChI=1S/C20H28N6O.HI/c1-4-21-20(23-13-15-12-18(14(2)3)26-27-15)22-11-7-10-19-24-16-8-5-6-9-17(16)25-19;/h5-6,8-9,12,14H,4,7,10-11,13H2,1-3H3,(H,24,25)(H2,21,22,23);1H. The molecule has 0 amide bonds. The first-order valence-electron chi connectivity index (χ1n) is 9.57. The van der Waals surface area contributed by atoms with Gasteiger partial charge in [-0.2, -0.15) is 0 Å². The maximum absolute atomic E-state index is 5.34. The van der Waals surface area contributed by atoms with Crippen LogP contribution >= 0.6 is 24.0 Å². The molecule has 0 spiro atoms. The van der Waals surface area contributed by atoms with Gasteiger partial charge in [-0.15, -0.1) is 24.0 Å². The molecule has 152 valence electrons. The number of para-hydroxylation sites is 2. The van der Waals surface area contributed by atoms with Crippen LogP contribution in [0.2, 0.25) is 0 Å². The molecule has 2 aromatic heterocycles. The van der Waals surface area contributed by atoms with Gasteiger partial charge in [-0.05, 0) is 31.4 Å². The van der Waals surface area contributed by atoms with E-state index in [9.17, 15) is 0 Å². The second-order valence-electron chi connectivity index (χ2n) is 6.80. The zero-order chi connectivity index (χ0) is 19.1. The third kappa shape index (κ3) is 6.22. The molecule has 0 bridgehead atoms. The molecule has 0 aliphatic heterocycles. The van der Waals surface area contributed by atoms with Crippen LogP contribution in [0.15, 0.2) is 39.8 Å². The lowest BCUT2D eigenvalue weighted by Crippen LogP contribution is -2.37. The van der Waals surface area contributed by atoms with E-state index in [4.69, 9.17) is 4.52 Å². The van der Waals surface area contributed by atoms with E-state index in [0.717, 1.165) is 60.2 Å². The smallest absolute Gasteiger partial charge is 0.191 e. The zero-order valence-electron chi connectivity index (χ0n) is 16.7. The van der Waals surface area contributed by atoms with Crippen molar-refractivity contribution in [3.05, 3.63) is 47.6 Å². The van der Waals surface area contributed by atoms with Gasteiger partial charge in [-0.1, -0.05) is 31.1 Å². The van der Waals surface area contributed by atoms with Crippen LogP contribution < -0.4 is 10.6 Å². The topological polar surface area (TPSA) is 91.1 Å². The van der Waals surface area contributed by atoms with Gasteiger partial charge in [0.15, 0.2) is 11.7 Å². The summed E-state index contributed by atoms with van der Waals surface area (Å²) in [6, 6.07) is 10.1. The Morgan fingerprint density at radius 2 is 2.07 bits per heavy atom. The minimum atomic E-state index is 0. The fraction of sp³-hybridized carbons (Fsp3) is 0.450. The minimum Gasteiger partial charge on any atom is -0.359 e. The molecule has 3 rings (SSSR count). The Labute approximate surface area is 182 Å². The van der Waals surface area contributed by atoms with Crippen LogP contribution in [-0.2, 0) is 13.0 Å². The summed E-state index contributed by atoms with van der Waals surface area (Å²) in [5.41, 5.74) is 3.07. The van der Waals surface area contributed by atoms with Crippen molar-refractivity contribution in [2.45, 2.75) is 46.1 Å². The summed E-state index contributed by atoms with van der Waals surface area (Å²) in [5.74, 6) is 2.93. The molecule has 0 saturated carbocycles. The number of benzene rings is 1. The molecule has 3 N–H and O–H groups in total. The number of guanidine groups is 1. The van der Waals surface area contributed by atoms with E-state index in [2.05, 4.69) is 51.5 Å². The van der Waals surface area contributed by atoms with Crippen molar-refractivity contribution in [3.63, 3.8) is 0 Å². The molecule has 8 heteroatoms. The summed E-state index contributed by atoms with van der Waals surface area (Å²) in [6.07, 6.45) is 1.85. The number of nitrogens with zero attached hydrogens (tertiary/aromatic N) is 3. The number of nitrogens with one attached hydrogen (secondary N) is 3. The Hall–Kier alpha value is -2.10. The molecule has 7 nitrogen and oxygen atoms in total. The van der Waals surface area contributed by atoms with Gasteiger partial charge in [-0.3, -0.25) is 0 Å². The molecule has 2 heterocycles. The van der Waals surface area contributed by atoms with Crippen molar-refractivity contribution < 1.29 is 4.52 Å². The molecule has 0 atom stereocenters. The van der Waals surface area contributed by atoms with Crippen LogP contribution in [-0.4, -0.2) is 34.2 Å². The van der Waals surface area contributed by atoms with Crippen LogP contribution in [0.4, 0.5) is 0 Å². The summed E-state index contributed by atoms with van der Waals surface area (Å²) in [7, 11) is 0. The largest absolute Gasteiger partial charge is 0.359 e. The first-order valence-corrected chi connectivity index (χ1v) is 9.57. The fourth-order valence-corrected chi connectivity index (χ4v) is 2.76. The summed E-state index contributed by atoms with van der Waals surface area (Å²) in [5, 5.41) is 10.7. The van der Waals surface area contributed by atoms with Gasteiger partial charge in [0.25, 0.3) is 0 Å². The Balaban J connectivity index is 0.00000280. The predicted molar refractivity (Wildman–Crippen MR) is 123 cm³/mol. The molecular weight excluding hydrogens is 467 g/mol. The van der Waals surface area contributed by atoms with E-state index in [1.807, 2.05) is 30.3 Å². The molecule has 0 unspecified atom stereocenters. The first kappa shape index (κ1) is 22.2. The quantitative estimate of drug-likeness (QED) is 0.190. The maximum Gasteiger partial charge on any atom is 0.191 e. The van der Waals surface area contributed by atoms with Crippen molar-refractivity contribution in [3.8, 4) is 0 Å². The van der Waals surface area contributed by atoms with Gasteiger partial charge < -0.3 is 20.1 Å². The highest BCUT2D eigenvalue weighted by Crippen LogP contribution is 2.14. The SMILES string of the molecule is CCNC(=NCc1cc(C(C)C)no1)NCCCc1nc2ccccc2[nH]1.I. The van der Waals surface area contributed by atoms with Gasteiger partial charge >= 0.3 is 0 Å². The summed E-state index contributed by atoms with van der Waals surface area (Å²) < 4.78 is 5.34. The van der Waals surface area contributed by atoms with Crippen molar-refractivity contribution in [1.82, 2.24) is 25.8 Å². The molecule has 0 radical (unpaired) electrons. The molecule has 1 aromatic carbocycles. The Bertz CT molecular complexity index is 853. The van der Waals surface area contributed by atoms with Gasteiger partial charge in [0.1, 0.15) is 12.4 Å². The van der Waals surface area contributed by atoms with Gasteiger partial charge in [0.2, 0.25) is 0 Å². The van der Waals surface area contributed by atoms with Crippen LogP contribution in [0.1, 0.15) is 50.4 Å². The number of H-pyrrole nitrogens is 1. The fourth-order valence-electron chi connectivity index (χ4n) is 2.76. The number of aromatic amines is 1. The third-order valence-corrected chi connectivity index (χ3v) is 4.23. The number of hydrogen-bond donors (Lipinski definition) is 3. The zero-order valence-corrected chi connectivity index (χ0v) is 19.0. The predicted octanol–water partition coefficient (Wildman–Crippen LogP) is 3.98. The van der Waals surface area contributed by atoms with E-state index in [1.165, 1.54) is 0 Å². The second kappa shape index (κ2) is 11.0. The van der Waals surface area contributed by atoms with Crippen molar-refractivity contribution in [2.24, 2.45) is 4.99 Å². The summed E-state index contributed by atoms with van der Waals surface area (Å²) >= 11 is 0. The number of imidazole rings is 1. The van der Waals surface area contributed by atoms with E-state index in [-0.39, 0.29) is 24.0 Å². The van der Waals surface area contributed by atoms with Crippen LogP contribution in [0.5, 0.6) is 0 Å². The van der Waals surface area contributed by atoms with Crippen LogP contribution in [0.3, 0.4) is 0 Å². The minimum absolute atomic E-state index is 0.